The maximum atomic E-state index is 13.1. The standard InChI is InChI=1S/C16H17FN6O/c1-3-4-9-18-14-12-15(21-16(20-14)24-2)23-22-13(19-12)10-5-7-11(17)8-6-10/h5-8H,3-4,9H2,1-2H3,(H,18,20,21,23). The zero-order valence-corrected chi connectivity index (χ0v) is 13.5. The lowest BCUT2D eigenvalue weighted by molar-refractivity contribution is 0.382. The molecule has 0 amide bonds. The van der Waals surface area contributed by atoms with Gasteiger partial charge in [-0.05, 0) is 30.7 Å². The van der Waals surface area contributed by atoms with Gasteiger partial charge in [-0.25, -0.2) is 9.37 Å². The van der Waals surface area contributed by atoms with Gasteiger partial charge in [-0.15, -0.1) is 10.2 Å². The van der Waals surface area contributed by atoms with E-state index in [9.17, 15) is 4.39 Å². The van der Waals surface area contributed by atoms with E-state index in [1.807, 2.05) is 0 Å². The summed E-state index contributed by atoms with van der Waals surface area (Å²) in [6.45, 7) is 2.86. The summed E-state index contributed by atoms with van der Waals surface area (Å²) in [6.07, 6.45) is 2.05. The average Bonchev–Trinajstić information content (AvgIpc) is 2.62. The first-order valence-electron chi connectivity index (χ1n) is 7.67. The molecule has 2 aromatic heterocycles. The number of aromatic nitrogens is 5. The van der Waals surface area contributed by atoms with E-state index in [1.165, 1.54) is 19.2 Å². The number of halogens is 1. The number of benzene rings is 1. The molecule has 7 nitrogen and oxygen atoms in total. The van der Waals surface area contributed by atoms with E-state index in [-0.39, 0.29) is 11.8 Å². The highest BCUT2D eigenvalue weighted by atomic mass is 19.1. The van der Waals surface area contributed by atoms with Crippen LogP contribution in [0.3, 0.4) is 0 Å². The fraction of sp³-hybridized carbons (Fsp3) is 0.312. The number of hydrogen-bond acceptors (Lipinski definition) is 7. The lowest BCUT2D eigenvalue weighted by Gasteiger charge is -2.09. The largest absolute Gasteiger partial charge is 0.467 e. The van der Waals surface area contributed by atoms with E-state index in [1.54, 1.807) is 12.1 Å². The Morgan fingerprint density at radius 1 is 1.08 bits per heavy atom. The monoisotopic (exact) mass is 328 g/mol. The molecule has 0 saturated heterocycles. The van der Waals surface area contributed by atoms with Crippen LogP contribution in [-0.4, -0.2) is 38.8 Å². The van der Waals surface area contributed by atoms with Crippen molar-refractivity contribution >= 4 is 17.0 Å². The van der Waals surface area contributed by atoms with Gasteiger partial charge in [-0.3, -0.25) is 0 Å². The van der Waals surface area contributed by atoms with Gasteiger partial charge in [0.15, 0.2) is 17.2 Å². The molecule has 0 aliphatic rings. The number of methoxy groups -OCH3 is 1. The molecule has 0 aliphatic heterocycles. The van der Waals surface area contributed by atoms with Gasteiger partial charge in [-0.1, -0.05) is 13.3 Å². The molecule has 0 atom stereocenters. The predicted molar refractivity (Wildman–Crippen MR) is 88.3 cm³/mol. The van der Waals surface area contributed by atoms with E-state index in [0.29, 0.717) is 28.4 Å². The molecule has 0 bridgehead atoms. The number of nitrogens with zero attached hydrogens (tertiary/aromatic N) is 5. The van der Waals surface area contributed by atoms with E-state index in [0.717, 1.165) is 19.4 Å². The van der Waals surface area contributed by atoms with Gasteiger partial charge in [0.2, 0.25) is 5.65 Å². The van der Waals surface area contributed by atoms with Crippen LogP contribution in [0.15, 0.2) is 24.3 Å². The number of fused-ring (bicyclic) bond motifs is 1. The number of unbranched alkanes of at least 4 members (excludes halogenated alkanes) is 1. The number of ether oxygens (including phenoxy) is 1. The fourth-order valence-electron chi connectivity index (χ4n) is 2.14. The molecule has 0 fully saturated rings. The van der Waals surface area contributed by atoms with Crippen LogP contribution in [0.2, 0.25) is 0 Å². The van der Waals surface area contributed by atoms with Crippen LogP contribution in [0.25, 0.3) is 22.6 Å². The average molecular weight is 328 g/mol. The third-order valence-electron chi connectivity index (χ3n) is 3.41. The maximum Gasteiger partial charge on any atom is 0.320 e. The molecule has 1 N–H and O–H groups in total. The third-order valence-corrected chi connectivity index (χ3v) is 3.41. The van der Waals surface area contributed by atoms with E-state index in [2.05, 4.69) is 37.4 Å². The minimum Gasteiger partial charge on any atom is -0.467 e. The molecular weight excluding hydrogens is 311 g/mol. The molecule has 0 unspecified atom stereocenters. The van der Waals surface area contributed by atoms with Gasteiger partial charge < -0.3 is 10.1 Å². The Morgan fingerprint density at radius 2 is 1.88 bits per heavy atom. The van der Waals surface area contributed by atoms with Crippen molar-refractivity contribution in [2.45, 2.75) is 19.8 Å². The Bertz CT molecular complexity index is 840. The molecule has 0 aliphatic carbocycles. The summed E-state index contributed by atoms with van der Waals surface area (Å²) < 4.78 is 18.2. The quantitative estimate of drug-likeness (QED) is 0.696. The minimum atomic E-state index is -0.317. The first-order valence-corrected chi connectivity index (χ1v) is 7.67. The Hall–Kier alpha value is -2.90. The van der Waals surface area contributed by atoms with Gasteiger partial charge in [0.1, 0.15) is 5.82 Å². The Morgan fingerprint density at radius 3 is 2.58 bits per heavy atom. The third kappa shape index (κ3) is 3.37. The summed E-state index contributed by atoms with van der Waals surface area (Å²) >= 11 is 0. The van der Waals surface area contributed by atoms with Gasteiger partial charge >= 0.3 is 6.01 Å². The second-order valence-corrected chi connectivity index (χ2v) is 5.15. The number of anilines is 1. The Labute approximate surface area is 138 Å². The zero-order valence-electron chi connectivity index (χ0n) is 13.5. The highest BCUT2D eigenvalue weighted by Gasteiger charge is 2.13. The second-order valence-electron chi connectivity index (χ2n) is 5.15. The SMILES string of the molecule is CCCCNc1nc(OC)nc2nnc(-c3ccc(F)cc3)nc12. The van der Waals surface area contributed by atoms with Crippen molar-refractivity contribution in [1.29, 1.82) is 0 Å². The normalized spacial score (nSPS) is 10.8. The van der Waals surface area contributed by atoms with Crippen molar-refractivity contribution in [3.05, 3.63) is 30.1 Å². The molecule has 3 rings (SSSR count). The molecule has 124 valence electrons. The van der Waals surface area contributed by atoms with Gasteiger partial charge in [0.05, 0.1) is 7.11 Å². The van der Waals surface area contributed by atoms with Crippen LogP contribution in [0, 0.1) is 5.82 Å². The number of hydrogen-bond donors (Lipinski definition) is 1. The van der Waals surface area contributed by atoms with Crippen LogP contribution in [0.4, 0.5) is 10.2 Å². The number of nitrogens with one attached hydrogen (secondary N) is 1. The molecule has 0 spiro atoms. The molecule has 0 saturated carbocycles. The van der Waals surface area contributed by atoms with Crippen LogP contribution in [-0.2, 0) is 0 Å². The summed E-state index contributed by atoms with van der Waals surface area (Å²) in [7, 11) is 1.49. The molecule has 0 radical (unpaired) electrons. The smallest absolute Gasteiger partial charge is 0.320 e. The second kappa shape index (κ2) is 7.12. The van der Waals surface area contributed by atoms with E-state index >= 15 is 0 Å². The van der Waals surface area contributed by atoms with Gasteiger partial charge in [0, 0.05) is 12.1 Å². The van der Waals surface area contributed by atoms with Crippen molar-refractivity contribution in [1.82, 2.24) is 25.1 Å². The van der Waals surface area contributed by atoms with Crippen molar-refractivity contribution in [3.8, 4) is 17.4 Å². The van der Waals surface area contributed by atoms with E-state index in [4.69, 9.17) is 4.74 Å². The van der Waals surface area contributed by atoms with Crippen molar-refractivity contribution in [2.24, 2.45) is 0 Å². The molecule has 1 aromatic carbocycles. The summed E-state index contributed by atoms with van der Waals surface area (Å²) in [5.74, 6) is 0.612. The fourth-order valence-corrected chi connectivity index (χ4v) is 2.14. The molecular formula is C16H17FN6O. The topological polar surface area (TPSA) is 85.7 Å². The van der Waals surface area contributed by atoms with Crippen LogP contribution in [0.5, 0.6) is 6.01 Å². The number of rotatable bonds is 6. The molecule has 8 heteroatoms. The Balaban J connectivity index is 2.05. The first kappa shape index (κ1) is 16.0. The van der Waals surface area contributed by atoms with Crippen LogP contribution >= 0.6 is 0 Å². The summed E-state index contributed by atoms with van der Waals surface area (Å²) in [5, 5.41) is 11.4. The van der Waals surface area contributed by atoms with Crippen LogP contribution < -0.4 is 10.1 Å². The summed E-state index contributed by atoms with van der Waals surface area (Å²) in [6, 6.07) is 6.12. The minimum absolute atomic E-state index is 0.201. The van der Waals surface area contributed by atoms with Crippen molar-refractivity contribution in [3.63, 3.8) is 0 Å². The lowest BCUT2D eigenvalue weighted by Crippen LogP contribution is -2.08. The summed E-state index contributed by atoms with van der Waals surface area (Å²) in [4.78, 5) is 13.0. The van der Waals surface area contributed by atoms with Crippen molar-refractivity contribution < 1.29 is 9.13 Å². The maximum absolute atomic E-state index is 13.1. The lowest BCUT2D eigenvalue weighted by atomic mass is 10.2. The summed E-state index contributed by atoms with van der Waals surface area (Å²) in [5.41, 5.74) is 1.51. The highest BCUT2D eigenvalue weighted by Crippen LogP contribution is 2.22. The van der Waals surface area contributed by atoms with Crippen molar-refractivity contribution in [2.75, 3.05) is 19.0 Å². The van der Waals surface area contributed by atoms with Gasteiger partial charge in [-0.2, -0.15) is 9.97 Å². The van der Waals surface area contributed by atoms with Crippen LogP contribution in [0.1, 0.15) is 19.8 Å². The predicted octanol–water partition coefficient (Wildman–Crippen LogP) is 2.84. The highest BCUT2D eigenvalue weighted by molar-refractivity contribution is 5.83. The van der Waals surface area contributed by atoms with Gasteiger partial charge in [0.25, 0.3) is 0 Å². The molecule has 24 heavy (non-hydrogen) atoms. The first-order chi connectivity index (χ1) is 11.7. The van der Waals surface area contributed by atoms with E-state index < -0.39 is 0 Å². The zero-order chi connectivity index (χ0) is 16.9. The Kier molecular flexibility index (Phi) is 4.74. The molecule has 2 heterocycles. The molecule has 3 aromatic rings.